The first-order chi connectivity index (χ1) is 11.4. The van der Waals surface area contributed by atoms with E-state index < -0.39 is 0 Å². The Hall–Kier alpha value is -2.45. The summed E-state index contributed by atoms with van der Waals surface area (Å²) in [5.74, 6) is 1.67. The average Bonchev–Trinajstić information content (AvgIpc) is 3.30. The van der Waals surface area contributed by atoms with Crippen LogP contribution in [-0.4, -0.2) is 50.6 Å². The van der Waals surface area contributed by atoms with Crippen LogP contribution in [0.3, 0.4) is 0 Å². The third kappa shape index (κ3) is 3.33. The number of rotatable bonds is 5. The zero-order valence-electron chi connectivity index (χ0n) is 12.5. The molecule has 0 unspecified atom stereocenters. The van der Waals surface area contributed by atoms with Crippen LogP contribution in [0.25, 0.3) is 11.6 Å². The maximum atomic E-state index is 5.80. The summed E-state index contributed by atoms with van der Waals surface area (Å²) >= 11 is 0. The van der Waals surface area contributed by atoms with E-state index in [1.807, 2.05) is 23.0 Å². The van der Waals surface area contributed by atoms with Gasteiger partial charge in [0.2, 0.25) is 11.7 Å². The molecule has 4 heterocycles. The average molecular weight is 315 g/mol. The molecule has 0 aliphatic carbocycles. The Kier molecular flexibility index (Phi) is 3.91. The summed E-state index contributed by atoms with van der Waals surface area (Å²) in [4.78, 5) is 6.62. The predicted molar refractivity (Wildman–Crippen MR) is 79.2 cm³/mol. The van der Waals surface area contributed by atoms with E-state index in [9.17, 15) is 0 Å². The molecular formula is C15H17N5O3. The van der Waals surface area contributed by atoms with E-state index in [1.54, 1.807) is 18.5 Å². The quantitative estimate of drug-likeness (QED) is 0.704. The second kappa shape index (κ2) is 6.35. The topological polar surface area (TPSA) is 82.4 Å². The number of ether oxygens (including phenoxy) is 1. The van der Waals surface area contributed by atoms with E-state index in [0.29, 0.717) is 30.6 Å². The lowest BCUT2D eigenvalue weighted by molar-refractivity contribution is -0.0426. The Morgan fingerprint density at radius 2 is 2.30 bits per heavy atom. The summed E-state index contributed by atoms with van der Waals surface area (Å²) in [5.41, 5.74) is 0. The van der Waals surface area contributed by atoms with E-state index in [-0.39, 0.29) is 6.10 Å². The van der Waals surface area contributed by atoms with Gasteiger partial charge >= 0.3 is 0 Å². The van der Waals surface area contributed by atoms with Crippen molar-refractivity contribution >= 4 is 0 Å². The van der Waals surface area contributed by atoms with Crippen LogP contribution in [0.1, 0.15) is 5.89 Å². The van der Waals surface area contributed by atoms with Gasteiger partial charge in [-0.25, -0.2) is 0 Å². The van der Waals surface area contributed by atoms with Crippen LogP contribution in [0, 0.1) is 0 Å². The number of hydrogen-bond donors (Lipinski definition) is 0. The minimum absolute atomic E-state index is 0.108. The third-order valence-corrected chi connectivity index (χ3v) is 3.74. The molecule has 0 N–H and O–H groups in total. The molecule has 8 nitrogen and oxygen atoms in total. The monoisotopic (exact) mass is 315 g/mol. The molecule has 4 rings (SSSR count). The summed E-state index contributed by atoms with van der Waals surface area (Å²) in [6.45, 7) is 3.68. The summed E-state index contributed by atoms with van der Waals surface area (Å²) < 4.78 is 18.3. The summed E-state index contributed by atoms with van der Waals surface area (Å²) in [6, 6.07) is 5.52. The highest BCUT2D eigenvalue weighted by Gasteiger charge is 2.23. The van der Waals surface area contributed by atoms with Gasteiger partial charge in [-0.3, -0.25) is 9.58 Å². The Morgan fingerprint density at radius 1 is 1.30 bits per heavy atom. The second-order valence-electron chi connectivity index (χ2n) is 5.45. The Bertz CT molecular complexity index is 722. The zero-order valence-corrected chi connectivity index (χ0v) is 12.5. The van der Waals surface area contributed by atoms with Crippen molar-refractivity contribution < 1.29 is 13.7 Å². The molecule has 0 spiro atoms. The van der Waals surface area contributed by atoms with Gasteiger partial charge in [0.1, 0.15) is 0 Å². The van der Waals surface area contributed by atoms with Gasteiger partial charge in [-0.1, -0.05) is 5.16 Å². The molecule has 1 aliphatic rings. The Labute approximate surface area is 132 Å². The van der Waals surface area contributed by atoms with Crippen molar-refractivity contribution in [1.29, 1.82) is 0 Å². The minimum Gasteiger partial charge on any atom is -0.461 e. The van der Waals surface area contributed by atoms with E-state index in [4.69, 9.17) is 13.7 Å². The van der Waals surface area contributed by atoms with Crippen LogP contribution < -0.4 is 0 Å². The first-order valence-corrected chi connectivity index (χ1v) is 7.55. The fraction of sp³-hybridized carbons (Fsp3) is 0.400. The lowest BCUT2D eigenvalue weighted by atomic mass is 10.2. The van der Waals surface area contributed by atoms with Gasteiger partial charge in [0, 0.05) is 25.5 Å². The number of furan rings is 1. The smallest absolute Gasteiger partial charge is 0.241 e. The SMILES string of the molecule is c1coc(-c2noc(CN3CCO[C@@H](Cn4cccn4)C3)n2)c1. The highest BCUT2D eigenvalue weighted by atomic mass is 16.5. The van der Waals surface area contributed by atoms with Crippen molar-refractivity contribution in [2.75, 3.05) is 19.7 Å². The second-order valence-corrected chi connectivity index (χ2v) is 5.45. The molecule has 0 amide bonds. The molecule has 120 valence electrons. The maximum absolute atomic E-state index is 5.80. The molecule has 0 aromatic carbocycles. The fourth-order valence-corrected chi connectivity index (χ4v) is 2.67. The summed E-state index contributed by atoms with van der Waals surface area (Å²) in [5, 5.41) is 8.17. The molecule has 1 saturated heterocycles. The molecule has 23 heavy (non-hydrogen) atoms. The third-order valence-electron chi connectivity index (χ3n) is 3.74. The molecule has 8 heteroatoms. The van der Waals surface area contributed by atoms with Crippen molar-refractivity contribution in [3.05, 3.63) is 42.7 Å². The molecule has 3 aromatic heterocycles. The van der Waals surface area contributed by atoms with Crippen LogP contribution in [0.2, 0.25) is 0 Å². The van der Waals surface area contributed by atoms with Gasteiger partial charge in [-0.2, -0.15) is 10.1 Å². The van der Waals surface area contributed by atoms with Gasteiger partial charge in [-0.15, -0.1) is 0 Å². The molecule has 1 atom stereocenters. The van der Waals surface area contributed by atoms with Gasteiger partial charge < -0.3 is 13.7 Å². The number of morpholine rings is 1. The lowest BCUT2D eigenvalue weighted by Crippen LogP contribution is -2.43. The number of nitrogens with zero attached hydrogens (tertiary/aromatic N) is 5. The number of hydrogen-bond acceptors (Lipinski definition) is 7. The Morgan fingerprint density at radius 3 is 3.13 bits per heavy atom. The molecule has 1 fully saturated rings. The predicted octanol–water partition coefficient (Wildman–Crippen LogP) is 1.43. The van der Waals surface area contributed by atoms with E-state index in [2.05, 4.69) is 20.1 Å². The van der Waals surface area contributed by atoms with Crippen LogP contribution in [0.15, 0.2) is 45.8 Å². The van der Waals surface area contributed by atoms with Crippen molar-refractivity contribution in [3.8, 4) is 11.6 Å². The molecule has 0 bridgehead atoms. The van der Waals surface area contributed by atoms with Crippen LogP contribution in [0.5, 0.6) is 0 Å². The van der Waals surface area contributed by atoms with Gasteiger partial charge in [0.05, 0.1) is 32.1 Å². The highest BCUT2D eigenvalue weighted by molar-refractivity contribution is 5.44. The largest absolute Gasteiger partial charge is 0.461 e. The van der Waals surface area contributed by atoms with E-state index >= 15 is 0 Å². The minimum atomic E-state index is 0.108. The van der Waals surface area contributed by atoms with E-state index in [0.717, 1.165) is 19.6 Å². The first-order valence-electron chi connectivity index (χ1n) is 7.55. The molecular weight excluding hydrogens is 298 g/mol. The van der Waals surface area contributed by atoms with E-state index in [1.165, 1.54) is 0 Å². The molecule has 3 aromatic rings. The molecule has 0 radical (unpaired) electrons. The Balaban J connectivity index is 1.37. The highest BCUT2D eigenvalue weighted by Crippen LogP contribution is 2.17. The van der Waals surface area contributed by atoms with Gasteiger partial charge in [0.15, 0.2) is 5.76 Å². The summed E-state index contributed by atoms with van der Waals surface area (Å²) in [6.07, 6.45) is 5.41. The zero-order chi connectivity index (χ0) is 15.5. The fourth-order valence-electron chi connectivity index (χ4n) is 2.67. The normalized spacial score (nSPS) is 19.2. The van der Waals surface area contributed by atoms with Crippen LogP contribution in [-0.2, 0) is 17.8 Å². The van der Waals surface area contributed by atoms with Crippen molar-refractivity contribution in [3.63, 3.8) is 0 Å². The van der Waals surface area contributed by atoms with Crippen molar-refractivity contribution in [2.24, 2.45) is 0 Å². The van der Waals surface area contributed by atoms with Gasteiger partial charge in [-0.05, 0) is 18.2 Å². The number of aromatic nitrogens is 4. The first kappa shape index (κ1) is 14.2. The molecule has 0 saturated carbocycles. The molecule has 1 aliphatic heterocycles. The van der Waals surface area contributed by atoms with Crippen LogP contribution >= 0.6 is 0 Å². The van der Waals surface area contributed by atoms with Crippen LogP contribution in [0.4, 0.5) is 0 Å². The standard InChI is InChI=1S/C15H17N5O3/c1-3-13(22-7-1)15-17-14(23-18-15)11-19-6-8-21-12(9-19)10-20-5-2-4-16-20/h1-5,7,12H,6,8-11H2/t12-/m1/s1. The van der Waals surface area contributed by atoms with Crippen molar-refractivity contribution in [2.45, 2.75) is 19.2 Å². The van der Waals surface area contributed by atoms with Gasteiger partial charge in [0.25, 0.3) is 0 Å². The lowest BCUT2D eigenvalue weighted by Gasteiger charge is -2.31. The maximum Gasteiger partial charge on any atom is 0.241 e. The van der Waals surface area contributed by atoms with Crippen molar-refractivity contribution in [1.82, 2.24) is 24.8 Å². The summed E-state index contributed by atoms with van der Waals surface area (Å²) in [7, 11) is 0.